The van der Waals surface area contributed by atoms with Gasteiger partial charge in [-0.15, -0.1) is 0 Å². The van der Waals surface area contributed by atoms with Crippen LogP contribution >= 0.6 is 35.4 Å². The molecule has 0 saturated heterocycles. The molecular formula is C22H16Cl2N4O2S. The molecule has 0 fully saturated rings. The Hall–Kier alpha value is -3.13. The number of benzene rings is 3. The van der Waals surface area contributed by atoms with Crippen LogP contribution in [0.2, 0.25) is 10.0 Å². The Labute approximate surface area is 193 Å². The predicted molar refractivity (Wildman–Crippen MR) is 128 cm³/mol. The largest absolute Gasteiger partial charge is 0.495 e. The lowest BCUT2D eigenvalue weighted by Gasteiger charge is -2.12. The van der Waals surface area contributed by atoms with Crippen molar-refractivity contribution in [1.82, 2.24) is 15.3 Å². The number of hydrogen-bond donors (Lipinski definition) is 3. The van der Waals surface area contributed by atoms with E-state index in [1.807, 2.05) is 36.4 Å². The second-order valence-corrected chi connectivity index (χ2v) is 7.78. The summed E-state index contributed by atoms with van der Waals surface area (Å²) in [4.78, 5) is 20.3. The monoisotopic (exact) mass is 470 g/mol. The van der Waals surface area contributed by atoms with Crippen molar-refractivity contribution >= 4 is 63.2 Å². The van der Waals surface area contributed by atoms with Gasteiger partial charge in [-0.25, -0.2) is 4.98 Å². The van der Waals surface area contributed by atoms with Gasteiger partial charge in [0.05, 0.1) is 33.9 Å². The number of hydrogen-bond acceptors (Lipinski definition) is 4. The molecule has 0 unspecified atom stereocenters. The average Bonchev–Trinajstić information content (AvgIpc) is 3.19. The maximum Gasteiger partial charge on any atom is 0.257 e. The number of thiocarbonyl (C=S) groups is 1. The Kier molecular flexibility index (Phi) is 6.08. The summed E-state index contributed by atoms with van der Waals surface area (Å²) in [5.74, 6) is 0.767. The van der Waals surface area contributed by atoms with Gasteiger partial charge in [0.15, 0.2) is 5.11 Å². The topological polar surface area (TPSA) is 79.0 Å². The average molecular weight is 471 g/mol. The third kappa shape index (κ3) is 4.64. The molecule has 6 nitrogen and oxygen atoms in total. The van der Waals surface area contributed by atoms with Crippen molar-refractivity contribution in [2.75, 3.05) is 12.4 Å². The molecule has 9 heteroatoms. The van der Waals surface area contributed by atoms with Crippen LogP contribution < -0.4 is 15.4 Å². The van der Waals surface area contributed by atoms with Crippen molar-refractivity contribution in [2.24, 2.45) is 0 Å². The number of fused-ring (bicyclic) bond motifs is 1. The molecule has 4 aromatic rings. The second-order valence-electron chi connectivity index (χ2n) is 6.55. The first-order valence-electron chi connectivity index (χ1n) is 9.15. The lowest BCUT2D eigenvalue weighted by molar-refractivity contribution is 0.0977. The second kappa shape index (κ2) is 8.93. The van der Waals surface area contributed by atoms with E-state index < -0.39 is 5.91 Å². The molecule has 0 aliphatic carbocycles. The Morgan fingerprint density at radius 1 is 1.06 bits per heavy atom. The van der Waals surface area contributed by atoms with Crippen molar-refractivity contribution in [1.29, 1.82) is 0 Å². The van der Waals surface area contributed by atoms with Crippen molar-refractivity contribution in [3.05, 3.63) is 76.3 Å². The number of carbonyl (C=O) groups excluding carboxylic acids is 1. The smallest absolute Gasteiger partial charge is 0.257 e. The molecule has 3 N–H and O–H groups in total. The van der Waals surface area contributed by atoms with Gasteiger partial charge in [0.2, 0.25) is 0 Å². The maximum atomic E-state index is 12.5. The first-order valence-corrected chi connectivity index (χ1v) is 10.3. The number of amides is 1. The molecule has 0 spiro atoms. The fraction of sp³-hybridized carbons (Fsp3) is 0.0455. The zero-order chi connectivity index (χ0) is 22.0. The van der Waals surface area contributed by atoms with Gasteiger partial charge in [-0.05, 0) is 60.7 Å². The normalized spacial score (nSPS) is 10.7. The van der Waals surface area contributed by atoms with Crippen LogP contribution in [0.4, 0.5) is 5.69 Å². The molecule has 156 valence electrons. The van der Waals surface area contributed by atoms with Gasteiger partial charge in [0, 0.05) is 11.1 Å². The summed E-state index contributed by atoms with van der Waals surface area (Å²) in [5.41, 5.74) is 3.50. The molecule has 0 aliphatic rings. The molecule has 0 bridgehead atoms. The van der Waals surface area contributed by atoms with Crippen molar-refractivity contribution < 1.29 is 9.53 Å². The predicted octanol–water partition coefficient (Wildman–Crippen LogP) is 5.67. The number of H-pyrrole nitrogens is 1. The first-order chi connectivity index (χ1) is 14.9. The van der Waals surface area contributed by atoms with Crippen LogP contribution in [0.3, 0.4) is 0 Å². The zero-order valence-corrected chi connectivity index (χ0v) is 18.5. The number of ether oxygens (including phenoxy) is 1. The molecule has 0 saturated carbocycles. The highest BCUT2D eigenvalue weighted by molar-refractivity contribution is 7.80. The summed E-state index contributed by atoms with van der Waals surface area (Å²) in [6.07, 6.45) is 0. The summed E-state index contributed by atoms with van der Waals surface area (Å²) in [5, 5.41) is 6.45. The highest BCUT2D eigenvalue weighted by Gasteiger charge is 2.13. The number of aromatic amines is 1. The van der Waals surface area contributed by atoms with Crippen LogP contribution in [0.25, 0.3) is 22.4 Å². The van der Waals surface area contributed by atoms with Crippen molar-refractivity contribution in [3.63, 3.8) is 0 Å². The zero-order valence-electron chi connectivity index (χ0n) is 16.2. The van der Waals surface area contributed by atoms with E-state index in [1.165, 1.54) is 13.2 Å². The van der Waals surface area contributed by atoms with Gasteiger partial charge in [-0.1, -0.05) is 35.3 Å². The quantitative estimate of drug-likeness (QED) is 0.334. The van der Waals surface area contributed by atoms with Crippen LogP contribution in [0.1, 0.15) is 10.4 Å². The Morgan fingerprint density at radius 3 is 2.61 bits per heavy atom. The summed E-state index contributed by atoms with van der Waals surface area (Å²) in [7, 11) is 1.50. The van der Waals surface area contributed by atoms with Gasteiger partial charge >= 0.3 is 0 Å². The molecule has 1 heterocycles. The Morgan fingerprint density at radius 2 is 1.87 bits per heavy atom. The molecule has 3 aromatic carbocycles. The van der Waals surface area contributed by atoms with Crippen LogP contribution in [-0.4, -0.2) is 28.1 Å². The standard InChI is InChI=1S/C22H16Cl2N4O2S/c1-30-19-9-7-13(10-15(19)24)21(29)28-22(31)27-18-11-12(6-8-14(18)23)20-25-16-4-2-3-5-17(16)26-20/h2-11H,1H3,(H,25,26)(H2,27,28,29,31). The third-order valence-electron chi connectivity index (χ3n) is 4.52. The van der Waals surface area contributed by atoms with E-state index in [0.29, 0.717) is 32.9 Å². The highest BCUT2D eigenvalue weighted by atomic mass is 35.5. The summed E-state index contributed by atoms with van der Waals surface area (Å²) in [6, 6.07) is 17.9. The Bertz CT molecular complexity index is 1270. The number of aromatic nitrogens is 2. The molecule has 0 radical (unpaired) electrons. The third-order valence-corrected chi connectivity index (χ3v) is 5.35. The van der Waals surface area contributed by atoms with Gasteiger partial charge in [-0.3, -0.25) is 10.1 Å². The summed E-state index contributed by atoms with van der Waals surface area (Å²) >= 11 is 17.7. The number of methoxy groups -OCH3 is 1. The van der Waals surface area contributed by atoms with Crippen LogP contribution in [0.5, 0.6) is 5.75 Å². The van der Waals surface area contributed by atoms with Crippen LogP contribution in [0.15, 0.2) is 60.7 Å². The number of halogens is 2. The molecule has 0 atom stereocenters. The maximum absolute atomic E-state index is 12.5. The van der Waals surface area contributed by atoms with E-state index in [4.69, 9.17) is 40.2 Å². The summed E-state index contributed by atoms with van der Waals surface area (Å²) < 4.78 is 5.10. The minimum absolute atomic E-state index is 0.0978. The molecule has 4 rings (SSSR count). The molecule has 31 heavy (non-hydrogen) atoms. The van der Waals surface area contributed by atoms with Gasteiger partial charge in [0.1, 0.15) is 11.6 Å². The SMILES string of the molecule is COc1ccc(C(=O)NC(=S)Nc2cc(-c3nc4ccccc4[nH]3)ccc2Cl)cc1Cl. The van der Waals surface area contributed by atoms with Gasteiger partial charge in [-0.2, -0.15) is 0 Å². The molecule has 0 aliphatic heterocycles. The van der Waals surface area contributed by atoms with Crippen LogP contribution in [0, 0.1) is 0 Å². The lowest BCUT2D eigenvalue weighted by Crippen LogP contribution is -2.34. The van der Waals surface area contributed by atoms with E-state index in [9.17, 15) is 4.79 Å². The van der Waals surface area contributed by atoms with Crippen molar-refractivity contribution in [3.8, 4) is 17.1 Å². The lowest BCUT2D eigenvalue weighted by atomic mass is 10.2. The van der Waals surface area contributed by atoms with Crippen molar-refractivity contribution in [2.45, 2.75) is 0 Å². The van der Waals surface area contributed by atoms with Crippen LogP contribution in [-0.2, 0) is 0 Å². The number of para-hydroxylation sites is 2. The number of nitrogens with one attached hydrogen (secondary N) is 3. The number of carbonyl (C=O) groups is 1. The minimum atomic E-state index is -0.411. The van der Waals surface area contributed by atoms with Gasteiger partial charge in [0.25, 0.3) is 5.91 Å². The summed E-state index contributed by atoms with van der Waals surface area (Å²) in [6.45, 7) is 0. The number of nitrogens with zero attached hydrogens (tertiary/aromatic N) is 1. The molecular weight excluding hydrogens is 455 g/mol. The highest BCUT2D eigenvalue weighted by Crippen LogP contribution is 2.29. The van der Waals surface area contributed by atoms with E-state index in [-0.39, 0.29) is 5.11 Å². The van der Waals surface area contributed by atoms with E-state index in [0.717, 1.165) is 16.6 Å². The first kappa shape index (κ1) is 21.1. The Balaban J connectivity index is 1.50. The fourth-order valence-electron chi connectivity index (χ4n) is 2.99. The van der Waals surface area contributed by atoms with E-state index in [2.05, 4.69) is 20.6 Å². The van der Waals surface area contributed by atoms with E-state index >= 15 is 0 Å². The minimum Gasteiger partial charge on any atom is -0.495 e. The van der Waals surface area contributed by atoms with E-state index in [1.54, 1.807) is 18.2 Å². The number of anilines is 1. The molecule has 1 aromatic heterocycles. The molecule has 1 amide bonds. The number of rotatable bonds is 4. The fourth-order valence-corrected chi connectivity index (χ4v) is 3.62. The van der Waals surface area contributed by atoms with Gasteiger partial charge < -0.3 is 15.0 Å². The number of imidazole rings is 1.